The van der Waals surface area contributed by atoms with Crippen molar-refractivity contribution in [2.24, 2.45) is 5.73 Å². The van der Waals surface area contributed by atoms with E-state index in [1.165, 1.54) is 24.0 Å². The van der Waals surface area contributed by atoms with Crippen LogP contribution in [-0.2, 0) is 22.4 Å². The van der Waals surface area contributed by atoms with Crippen molar-refractivity contribution in [1.82, 2.24) is 0 Å². The molecule has 0 aromatic heterocycles. The number of fused-ring (bicyclic) bond motifs is 2. The molecule has 0 spiro atoms. The number of carbonyl (C=O) groups excluding carboxylic acids is 2. The Morgan fingerprint density at radius 1 is 1.32 bits per heavy atom. The van der Waals surface area contributed by atoms with E-state index < -0.39 is 0 Å². The van der Waals surface area contributed by atoms with Crippen LogP contribution in [0.3, 0.4) is 0 Å². The summed E-state index contributed by atoms with van der Waals surface area (Å²) in [5.41, 5.74) is 9.94. The van der Waals surface area contributed by atoms with E-state index in [-0.39, 0.29) is 17.9 Å². The normalized spacial score (nSPS) is 20.1. The molecule has 1 unspecified atom stereocenters. The molecule has 3 N–H and O–H groups in total. The summed E-state index contributed by atoms with van der Waals surface area (Å²) >= 11 is 0. The summed E-state index contributed by atoms with van der Waals surface area (Å²) in [6.45, 7) is 2.42. The van der Waals surface area contributed by atoms with E-state index in [9.17, 15) is 9.59 Å². The number of nitrogens with one attached hydrogen (secondary N) is 1. The van der Waals surface area contributed by atoms with Crippen molar-refractivity contribution in [3.05, 3.63) is 23.3 Å². The number of benzene rings is 1. The van der Waals surface area contributed by atoms with Crippen LogP contribution < -0.4 is 16.0 Å². The Morgan fingerprint density at radius 3 is 2.68 bits per heavy atom. The number of primary amides is 1. The van der Waals surface area contributed by atoms with Gasteiger partial charge in [0.1, 0.15) is 6.04 Å². The standard InChI is InChI=1S/C17H23N3O2/c1-11-17(22)20(8-4-7-16(18)21)15-10-13-6-3-2-5-12(13)9-14(15)19-11/h9-11,19H,2-8H2,1H3,(H2,18,21). The fraction of sp³-hybridized carbons (Fsp3) is 0.529. The molecular formula is C17H23N3O2. The largest absolute Gasteiger partial charge is 0.372 e. The van der Waals surface area contributed by atoms with Gasteiger partial charge in [0.15, 0.2) is 0 Å². The predicted octanol–water partition coefficient (Wildman–Crippen LogP) is 1.98. The van der Waals surface area contributed by atoms with Gasteiger partial charge in [-0.3, -0.25) is 9.59 Å². The SMILES string of the molecule is CC1Nc2cc3c(cc2N(CCCC(N)=O)C1=O)CCCC3. The van der Waals surface area contributed by atoms with Gasteiger partial charge in [0, 0.05) is 13.0 Å². The highest BCUT2D eigenvalue weighted by molar-refractivity contribution is 6.05. The summed E-state index contributed by atoms with van der Waals surface area (Å²) in [6, 6.07) is 4.13. The average molecular weight is 301 g/mol. The molecule has 2 amide bonds. The molecule has 0 saturated heterocycles. The smallest absolute Gasteiger partial charge is 0.249 e. The van der Waals surface area contributed by atoms with E-state index in [4.69, 9.17) is 5.73 Å². The first-order chi connectivity index (χ1) is 10.6. The molecule has 118 valence electrons. The third-order valence-electron chi connectivity index (χ3n) is 4.56. The molecule has 5 nitrogen and oxygen atoms in total. The maximum Gasteiger partial charge on any atom is 0.249 e. The molecule has 0 bridgehead atoms. The maximum atomic E-state index is 12.5. The van der Waals surface area contributed by atoms with Crippen LogP contribution in [0.15, 0.2) is 12.1 Å². The second-order valence-corrected chi connectivity index (χ2v) is 6.27. The molecule has 3 rings (SSSR count). The summed E-state index contributed by atoms with van der Waals surface area (Å²) in [7, 11) is 0. The van der Waals surface area contributed by atoms with Gasteiger partial charge >= 0.3 is 0 Å². The number of amides is 2. The number of carbonyl (C=O) groups is 2. The molecule has 0 radical (unpaired) electrons. The Balaban J connectivity index is 1.90. The summed E-state index contributed by atoms with van der Waals surface area (Å²) in [5, 5.41) is 3.31. The van der Waals surface area contributed by atoms with Gasteiger partial charge in [-0.1, -0.05) is 0 Å². The second-order valence-electron chi connectivity index (χ2n) is 6.27. The lowest BCUT2D eigenvalue weighted by Crippen LogP contribution is -2.46. The average Bonchev–Trinajstić information content (AvgIpc) is 2.49. The summed E-state index contributed by atoms with van der Waals surface area (Å²) in [4.78, 5) is 25.2. The first-order valence-corrected chi connectivity index (χ1v) is 8.08. The van der Waals surface area contributed by atoms with Crippen LogP contribution >= 0.6 is 0 Å². The van der Waals surface area contributed by atoms with Gasteiger partial charge in [-0.25, -0.2) is 0 Å². The zero-order chi connectivity index (χ0) is 15.7. The molecular weight excluding hydrogens is 278 g/mol. The molecule has 1 heterocycles. The van der Waals surface area contributed by atoms with E-state index in [2.05, 4.69) is 17.4 Å². The molecule has 1 aromatic rings. The number of hydrogen-bond donors (Lipinski definition) is 2. The highest BCUT2D eigenvalue weighted by atomic mass is 16.2. The maximum absolute atomic E-state index is 12.5. The van der Waals surface area contributed by atoms with Crippen LogP contribution in [0.2, 0.25) is 0 Å². The highest BCUT2D eigenvalue weighted by Crippen LogP contribution is 2.36. The van der Waals surface area contributed by atoms with Crippen LogP contribution in [0.5, 0.6) is 0 Å². The van der Waals surface area contributed by atoms with Crippen molar-refractivity contribution >= 4 is 23.2 Å². The number of anilines is 2. The molecule has 1 atom stereocenters. The van der Waals surface area contributed by atoms with Gasteiger partial charge in [-0.2, -0.15) is 0 Å². The summed E-state index contributed by atoms with van der Waals surface area (Å²) < 4.78 is 0. The molecule has 1 aliphatic heterocycles. The lowest BCUT2D eigenvalue weighted by atomic mass is 9.90. The van der Waals surface area contributed by atoms with Crippen molar-refractivity contribution in [1.29, 1.82) is 0 Å². The lowest BCUT2D eigenvalue weighted by Gasteiger charge is -2.35. The van der Waals surface area contributed by atoms with Crippen LogP contribution in [0, 0.1) is 0 Å². The van der Waals surface area contributed by atoms with Gasteiger partial charge in [-0.05, 0) is 62.3 Å². The molecule has 22 heavy (non-hydrogen) atoms. The molecule has 0 saturated carbocycles. The van der Waals surface area contributed by atoms with Gasteiger partial charge in [-0.15, -0.1) is 0 Å². The Labute approximate surface area is 130 Å². The zero-order valence-electron chi connectivity index (χ0n) is 13.0. The minimum atomic E-state index is -0.318. The van der Waals surface area contributed by atoms with Crippen LogP contribution in [0.1, 0.15) is 43.7 Å². The number of hydrogen-bond acceptors (Lipinski definition) is 3. The summed E-state index contributed by atoms with van der Waals surface area (Å²) in [6.07, 6.45) is 5.57. The van der Waals surface area contributed by atoms with E-state index in [0.29, 0.717) is 19.4 Å². The predicted molar refractivity (Wildman–Crippen MR) is 87.0 cm³/mol. The number of nitrogens with zero attached hydrogens (tertiary/aromatic N) is 1. The number of nitrogens with two attached hydrogens (primary N) is 1. The van der Waals surface area contributed by atoms with E-state index in [1.807, 2.05) is 11.8 Å². The van der Waals surface area contributed by atoms with Crippen molar-refractivity contribution in [2.75, 3.05) is 16.8 Å². The third-order valence-corrected chi connectivity index (χ3v) is 4.56. The van der Waals surface area contributed by atoms with Gasteiger partial charge in [0.2, 0.25) is 11.8 Å². The Morgan fingerprint density at radius 2 is 2.00 bits per heavy atom. The highest BCUT2D eigenvalue weighted by Gasteiger charge is 2.30. The minimum absolute atomic E-state index is 0.0627. The molecule has 1 aromatic carbocycles. The minimum Gasteiger partial charge on any atom is -0.372 e. The van der Waals surface area contributed by atoms with Crippen LogP contribution in [-0.4, -0.2) is 24.4 Å². The molecule has 0 fully saturated rings. The van der Waals surface area contributed by atoms with Crippen molar-refractivity contribution < 1.29 is 9.59 Å². The lowest BCUT2D eigenvalue weighted by molar-refractivity contribution is -0.120. The Bertz CT molecular complexity index is 612. The monoisotopic (exact) mass is 301 g/mol. The van der Waals surface area contributed by atoms with E-state index >= 15 is 0 Å². The van der Waals surface area contributed by atoms with Crippen molar-refractivity contribution in [2.45, 2.75) is 51.5 Å². The Hall–Kier alpha value is -2.04. The Kier molecular flexibility index (Phi) is 4.05. The van der Waals surface area contributed by atoms with Crippen LogP contribution in [0.25, 0.3) is 0 Å². The molecule has 1 aliphatic carbocycles. The van der Waals surface area contributed by atoms with Gasteiger partial charge in [0.05, 0.1) is 11.4 Å². The number of aryl methyl sites for hydroxylation is 2. The van der Waals surface area contributed by atoms with Gasteiger partial charge < -0.3 is 16.0 Å². The number of rotatable bonds is 4. The van der Waals surface area contributed by atoms with Crippen molar-refractivity contribution in [3.8, 4) is 0 Å². The van der Waals surface area contributed by atoms with E-state index in [1.54, 1.807) is 0 Å². The quantitative estimate of drug-likeness (QED) is 0.893. The van der Waals surface area contributed by atoms with Crippen molar-refractivity contribution in [3.63, 3.8) is 0 Å². The van der Waals surface area contributed by atoms with Gasteiger partial charge in [0.25, 0.3) is 0 Å². The molecule has 2 aliphatic rings. The second kappa shape index (κ2) is 5.99. The topological polar surface area (TPSA) is 75.4 Å². The zero-order valence-corrected chi connectivity index (χ0v) is 13.0. The fourth-order valence-corrected chi connectivity index (χ4v) is 3.40. The first kappa shape index (κ1) is 14.9. The molecule has 5 heteroatoms. The van der Waals surface area contributed by atoms with E-state index in [0.717, 1.165) is 24.2 Å². The summed E-state index contributed by atoms with van der Waals surface area (Å²) in [5.74, 6) is -0.256. The fourth-order valence-electron chi connectivity index (χ4n) is 3.40. The third kappa shape index (κ3) is 2.80. The first-order valence-electron chi connectivity index (χ1n) is 8.08. The van der Waals surface area contributed by atoms with Crippen LogP contribution in [0.4, 0.5) is 11.4 Å².